The van der Waals surface area contributed by atoms with Gasteiger partial charge in [0, 0.05) is 18.1 Å². The Morgan fingerprint density at radius 2 is 2.00 bits per heavy atom. The van der Waals surface area contributed by atoms with Gasteiger partial charge in [-0.15, -0.1) is 0 Å². The van der Waals surface area contributed by atoms with Gasteiger partial charge in [-0.05, 0) is 75.3 Å². The molecule has 4 heteroatoms. The van der Waals surface area contributed by atoms with E-state index in [-0.39, 0.29) is 11.9 Å². The van der Waals surface area contributed by atoms with Gasteiger partial charge in [0.15, 0.2) is 0 Å². The molecule has 2 aliphatic heterocycles. The first kappa shape index (κ1) is 14.9. The van der Waals surface area contributed by atoms with E-state index in [1.54, 1.807) is 6.07 Å². The monoisotopic (exact) mass is 291 g/mol. The highest BCUT2D eigenvalue weighted by Gasteiger charge is 2.40. The molecule has 1 aromatic rings. The van der Waals surface area contributed by atoms with Crippen LogP contribution in [-0.2, 0) is 6.42 Å². The Morgan fingerprint density at radius 3 is 2.62 bits per heavy atom. The summed E-state index contributed by atoms with van der Waals surface area (Å²) in [5.41, 5.74) is 5.23. The van der Waals surface area contributed by atoms with Crippen LogP contribution in [0.2, 0.25) is 0 Å². The summed E-state index contributed by atoms with van der Waals surface area (Å²) in [6, 6.07) is 6.69. The first-order valence-electron chi connectivity index (χ1n) is 8.01. The highest BCUT2D eigenvalue weighted by atomic mass is 19.1. The fourth-order valence-electron chi connectivity index (χ4n) is 4.24. The Balaban J connectivity index is 1.72. The molecule has 0 saturated carbocycles. The number of nitrogens with two attached hydrogens (primary N) is 1. The second-order valence-corrected chi connectivity index (χ2v) is 6.83. The number of hydrogen-bond acceptors (Lipinski definition) is 3. The Morgan fingerprint density at radius 1 is 1.33 bits per heavy atom. The second-order valence-electron chi connectivity index (χ2n) is 6.83. The highest BCUT2D eigenvalue weighted by molar-refractivity contribution is 5.27. The maximum Gasteiger partial charge on any atom is 0.123 e. The van der Waals surface area contributed by atoms with E-state index in [4.69, 9.17) is 5.84 Å². The molecule has 0 amide bonds. The molecule has 2 saturated heterocycles. The number of rotatable bonds is 4. The molecule has 2 fully saturated rings. The van der Waals surface area contributed by atoms with Crippen LogP contribution in [0.5, 0.6) is 0 Å². The van der Waals surface area contributed by atoms with Crippen molar-refractivity contribution in [2.24, 2.45) is 11.8 Å². The summed E-state index contributed by atoms with van der Waals surface area (Å²) >= 11 is 0. The average Bonchev–Trinajstić information content (AvgIpc) is 2.69. The number of nitrogens with one attached hydrogen (secondary N) is 1. The molecule has 0 aliphatic carbocycles. The van der Waals surface area contributed by atoms with Crippen LogP contribution in [0, 0.1) is 18.7 Å². The van der Waals surface area contributed by atoms with Crippen LogP contribution in [0.15, 0.2) is 18.2 Å². The van der Waals surface area contributed by atoms with Crippen molar-refractivity contribution in [1.82, 2.24) is 10.3 Å². The van der Waals surface area contributed by atoms with Gasteiger partial charge in [0.05, 0.1) is 0 Å². The van der Waals surface area contributed by atoms with E-state index in [2.05, 4.69) is 17.4 Å². The molecule has 0 radical (unpaired) electrons. The molecule has 0 spiro atoms. The lowest BCUT2D eigenvalue weighted by Crippen LogP contribution is -2.49. The molecule has 3 atom stereocenters. The molecular formula is C17H26FN3. The number of hydrogen-bond donors (Lipinski definition) is 2. The lowest BCUT2D eigenvalue weighted by molar-refractivity contribution is 0.112. The molecule has 2 bridgehead atoms. The predicted octanol–water partition coefficient (Wildman–Crippen LogP) is 2.38. The molecule has 116 valence electrons. The number of halogens is 1. The van der Waals surface area contributed by atoms with E-state index in [0.717, 1.165) is 17.5 Å². The summed E-state index contributed by atoms with van der Waals surface area (Å²) in [5, 5.41) is 0. The standard InChI is InChI=1S/C17H26FN3/c1-11-3-4-14(18)7-12(11)10-17(20-19)13-8-15-5-6-16(9-13)21(15)2/h3-4,7,13,15-17,20H,5-6,8-10,19H2,1-2H3. The third kappa shape index (κ3) is 2.98. The van der Waals surface area contributed by atoms with Crippen molar-refractivity contribution in [3.8, 4) is 0 Å². The topological polar surface area (TPSA) is 41.3 Å². The van der Waals surface area contributed by atoms with E-state index in [9.17, 15) is 4.39 Å². The molecule has 21 heavy (non-hydrogen) atoms. The number of benzene rings is 1. The molecule has 0 aromatic heterocycles. The maximum atomic E-state index is 13.5. The SMILES string of the molecule is Cc1ccc(F)cc1CC(NN)C1CC2CCC(C1)N2C. The molecule has 1 aromatic carbocycles. The Kier molecular flexibility index (Phi) is 4.29. The Hall–Kier alpha value is -0.970. The number of hydrazine groups is 1. The van der Waals surface area contributed by atoms with E-state index in [1.807, 2.05) is 13.0 Å². The van der Waals surface area contributed by atoms with Crippen molar-refractivity contribution in [3.63, 3.8) is 0 Å². The first-order valence-corrected chi connectivity index (χ1v) is 8.01. The predicted molar refractivity (Wildman–Crippen MR) is 83.2 cm³/mol. The minimum atomic E-state index is -0.158. The Labute approximate surface area is 126 Å². The molecule has 2 heterocycles. The minimum absolute atomic E-state index is 0.158. The molecule has 3 nitrogen and oxygen atoms in total. The summed E-state index contributed by atoms with van der Waals surface area (Å²) in [4.78, 5) is 2.54. The van der Waals surface area contributed by atoms with Crippen molar-refractivity contribution in [2.45, 2.75) is 57.2 Å². The third-order valence-electron chi connectivity index (χ3n) is 5.67. The minimum Gasteiger partial charge on any atom is -0.300 e. The Bertz CT molecular complexity index is 491. The zero-order chi connectivity index (χ0) is 15.0. The fourth-order valence-corrected chi connectivity index (χ4v) is 4.24. The van der Waals surface area contributed by atoms with Crippen molar-refractivity contribution in [1.29, 1.82) is 0 Å². The van der Waals surface area contributed by atoms with Gasteiger partial charge in [-0.2, -0.15) is 0 Å². The number of aryl methyl sites for hydroxylation is 1. The van der Waals surface area contributed by atoms with Crippen molar-refractivity contribution >= 4 is 0 Å². The van der Waals surface area contributed by atoms with Crippen LogP contribution in [0.3, 0.4) is 0 Å². The van der Waals surface area contributed by atoms with E-state index < -0.39 is 0 Å². The van der Waals surface area contributed by atoms with Gasteiger partial charge in [-0.25, -0.2) is 4.39 Å². The van der Waals surface area contributed by atoms with E-state index >= 15 is 0 Å². The van der Waals surface area contributed by atoms with Crippen LogP contribution in [0.4, 0.5) is 4.39 Å². The van der Waals surface area contributed by atoms with Gasteiger partial charge in [0.25, 0.3) is 0 Å². The van der Waals surface area contributed by atoms with Gasteiger partial charge in [-0.1, -0.05) is 6.07 Å². The fraction of sp³-hybridized carbons (Fsp3) is 0.647. The van der Waals surface area contributed by atoms with Gasteiger partial charge < -0.3 is 4.90 Å². The van der Waals surface area contributed by atoms with Crippen LogP contribution in [-0.4, -0.2) is 30.1 Å². The highest BCUT2D eigenvalue weighted by Crippen LogP contribution is 2.39. The van der Waals surface area contributed by atoms with Crippen LogP contribution >= 0.6 is 0 Å². The average molecular weight is 291 g/mol. The van der Waals surface area contributed by atoms with Crippen molar-refractivity contribution in [2.75, 3.05) is 7.05 Å². The molecule has 2 aliphatic rings. The van der Waals surface area contributed by atoms with Gasteiger partial charge >= 0.3 is 0 Å². The molecular weight excluding hydrogens is 265 g/mol. The van der Waals surface area contributed by atoms with Crippen LogP contribution in [0.1, 0.15) is 36.8 Å². The summed E-state index contributed by atoms with van der Waals surface area (Å²) in [5.74, 6) is 6.26. The van der Waals surface area contributed by atoms with Crippen molar-refractivity contribution < 1.29 is 4.39 Å². The first-order chi connectivity index (χ1) is 10.1. The number of fused-ring (bicyclic) bond motifs is 2. The lowest BCUT2D eigenvalue weighted by Gasteiger charge is -2.39. The largest absolute Gasteiger partial charge is 0.300 e. The van der Waals surface area contributed by atoms with Gasteiger partial charge in [0.1, 0.15) is 5.82 Å². The van der Waals surface area contributed by atoms with E-state index in [0.29, 0.717) is 18.0 Å². The van der Waals surface area contributed by atoms with Gasteiger partial charge in [0.2, 0.25) is 0 Å². The zero-order valence-electron chi connectivity index (χ0n) is 13.0. The van der Waals surface area contributed by atoms with E-state index in [1.165, 1.54) is 31.7 Å². The third-order valence-corrected chi connectivity index (χ3v) is 5.67. The van der Waals surface area contributed by atoms with Crippen LogP contribution < -0.4 is 11.3 Å². The smallest absolute Gasteiger partial charge is 0.123 e. The zero-order valence-corrected chi connectivity index (χ0v) is 13.0. The molecule has 3 unspecified atom stereocenters. The van der Waals surface area contributed by atoms with Crippen LogP contribution in [0.25, 0.3) is 0 Å². The summed E-state index contributed by atoms with van der Waals surface area (Å²) in [6.45, 7) is 2.04. The summed E-state index contributed by atoms with van der Waals surface area (Å²) < 4.78 is 13.5. The quantitative estimate of drug-likeness (QED) is 0.661. The molecule has 3 N–H and O–H groups in total. The second kappa shape index (κ2) is 6.03. The normalized spacial score (nSPS) is 30.6. The summed E-state index contributed by atoms with van der Waals surface area (Å²) in [6.07, 6.45) is 5.85. The number of nitrogens with zero attached hydrogens (tertiary/aromatic N) is 1. The summed E-state index contributed by atoms with van der Waals surface area (Å²) in [7, 11) is 2.25. The van der Waals surface area contributed by atoms with Crippen molar-refractivity contribution in [3.05, 3.63) is 35.1 Å². The number of piperidine rings is 1. The lowest BCUT2D eigenvalue weighted by atomic mass is 9.82. The maximum absolute atomic E-state index is 13.5. The molecule has 3 rings (SSSR count). The van der Waals surface area contributed by atoms with Gasteiger partial charge in [-0.3, -0.25) is 11.3 Å².